The van der Waals surface area contributed by atoms with Gasteiger partial charge in [0.1, 0.15) is 11.5 Å². The average molecular weight is 348 g/mol. The molecule has 1 fully saturated rings. The van der Waals surface area contributed by atoms with Crippen LogP contribution in [0.25, 0.3) is 11.0 Å². The van der Waals surface area contributed by atoms with Gasteiger partial charge in [0.05, 0.1) is 17.1 Å². The zero-order valence-corrected chi connectivity index (χ0v) is 15.3. The number of likely N-dealkylation sites (tertiary alicyclic amines) is 1. The summed E-state index contributed by atoms with van der Waals surface area (Å²) in [5.74, 6) is 1.51. The third-order valence-corrected chi connectivity index (χ3v) is 4.93. The van der Waals surface area contributed by atoms with Crippen molar-refractivity contribution in [2.45, 2.75) is 39.3 Å². The highest BCUT2D eigenvalue weighted by Gasteiger charge is 2.34. The first kappa shape index (κ1) is 16.8. The van der Waals surface area contributed by atoms with Crippen LogP contribution in [-0.4, -0.2) is 31.9 Å². The van der Waals surface area contributed by atoms with Crippen molar-refractivity contribution in [2.75, 3.05) is 6.54 Å². The summed E-state index contributed by atoms with van der Waals surface area (Å²) in [4.78, 5) is 24.1. The maximum atomic E-state index is 13.0. The van der Waals surface area contributed by atoms with Crippen LogP contribution in [0.1, 0.15) is 49.0 Å². The molecule has 0 spiro atoms. The van der Waals surface area contributed by atoms with E-state index in [-0.39, 0.29) is 11.9 Å². The summed E-state index contributed by atoms with van der Waals surface area (Å²) < 4.78 is 2.30. The van der Waals surface area contributed by atoms with E-state index < -0.39 is 0 Å². The summed E-state index contributed by atoms with van der Waals surface area (Å²) in [5.41, 5.74) is 2.65. The molecule has 134 valence electrons. The zero-order valence-electron chi connectivity index (χ0n) is 15.3. The number of imidazole rings is 1. The number of aromatic nitrogens is 3. The molecule has 0 radical (unpaired) electrons. The van der Waals surface area contributed by atoms with Gasteiger partial charge in [-0.25, -0.2) is 4.98 Å². The van der Waals surface area contributed by atoms with Crippen molar-refractivity contribution in [3.8, 4) is 0 Å². The largest absolute Gasteiger partial charge is 0.327 e. The molecule has 0 aliphatic carbocycles. The SMILES string of the molecule is CC(C)Cn1c([C@H]2CCCN2C(=O)c2ccccn2)nc2ccccc21. The van der Waals surface area contributed by atoms with Crippen molar-refractivity contribution >= 4 is 16.9 Å². The Morgan fingerprint density at radius 3 is 2.77 bits per heavy atom. The second kappa shape index (κ2) is 6.90. The molecular formula is C21H24N4O. The van der Waals surface area contributed by atoms with Crippen molar-refractivity contribution in [3.05, 3.63) is 60.2 Å². The molecule has 4 rings (SSSR count). The molecule has 5 heteroatoms. The summed E-state index contributed by atoms with van der Waals surface area (Å²) in [5, 5.41) is 0. The molecule has 1 aromatic carbocycles. The normalized spacial score (nSPS) is 17.3. The number of amides is 1. The highest BCUT2D eigenvalue weighted by Crippen LogP contribution is 2.34. The molecule has 5 nitrogen and oxygen atoms in total. The van der Waals surface area contributed by atoms with Gasteiger partial charge < -0.3 is 9.47 Å². The lowest BCUT2D eigenvalue weighted by Crippen LogP contribution is -2.32. The van der Waals surface area contributed by atoms with Crippen LogP contribution in [0, 0.1) is 5.92 Å². The van der Waals surface area contributed by atoms with Crippen LogP contribution in [0.4, 0.5) is 0 Å². The summed E-state index contributed by atoms with van der Waals surface area (Å²) in [6.45, 7) is 6.08. The van der Waals surface area contributed by atoms with E-state index in [1.807, 2.05) is 23.1 Å². The highest BCUT2D eigenvalue weighted by molar-refractivity contribution is 5.92. The topological polar surface area (TPSA) is 51.0 Å². The quantitative estimate of drug-likeness (QED) is 0.714. The smallest absolute Gasteiger partial charge is 0.273 e. The second-order valence-electron chi connectivity index (χ2n) is 7.33. The molecule has 1 atom stereocenters. The van der Waals surface area contributed by atoms with Crippen molar-refractivity contribution in [1.82, 2.24) is 19.4 Å². The Balaban J connectivity index is 1.75. The lowest BCUT2D eigenvalue weighted by Gasteiger charge is -2.25. The van der Waals surface area contributed by atoms with Gasteiger partial charge in [0.2, 0.25) is 0 Å². The van der Waals surface area contributed by atoms with E-state index in [4.69, 9.17) is 4.98 Å². The van der Waals surface area contributed by atoms with Crippen molar-refractivity contribution < 1.29 is 4.79 Å². The Bertz CT molecular complexity index is 916. The molecule has 26 heavy (non-hydrogen) atoms. The van der Waals surface area contributed by atoms with Gasteiger partial charge in [-0.15, -0.1) is 0 Å². The van der Waals surface area contributed by atoms with Crippen LogP contribution in [0.5, 0.6) is 0 Å². The molecule has 0 unspecified atom stereocenters. The number of rotatable bonds is 4. The number of para-hydroxylation sites is 2. The molecule has 1 amide bonds. The molecule has 1 saturated heterocycles. The van der Waals surface area contributed by atoms with Gasteiger partial charge in [-0.05, 0) is 43.0 Å². The Kier molecular flexibility index (Phi) is 4.45. The first-order valence-electron chi connectivity index (χ1n) is 9.32. The molecule has 3 heterocycles. The lowest BCUT2D eigenvalue weighted by atomic mass is 10.1. The number of carbonyl (C=O) groups is 1. The Hall–Kier alpha value is -2.69. The van der Waals surface area contributed by atoms with Crippen molar-refractivity contribution in [3.63, 3.8) is 0 Å². The fraction of sp³-hybridized carbons (Fsp3) is 0.381. The summed E-state index contributed by atoms with van der Waals surface area (Å²) in [7, 11) is 0. The summed E-state index contributed by atoms with van der Waals surface area (Å²) >= 11 is 0. The first-order valence-corrected chi connectivity index (χ1v) is 9.32. The summed E-state index contributed by atoms with van der Waals surface area (Å²) in [6, 6.07) is 13.7. The van der Waals surface area contributed by atoms with E-state index in [1.165, 1.54) is 0 Å². The van der Waals surface area contributed by atoms with Crippen LogP contribution in [0.15, 0.2) is 48.7 Å². The van der Waals surface area contributed by atoms with E-state index in [2.05, 4.69) is 41.6 Å². The van der Waals surface area contributed by atoms with Crippen molar-refractivity contribution in [1.29, 1.82) is 0 Å². The molecule has 1 aliphatic rings. The number of carbonyl (C=O) groups excluding carboxylic acids is 1. The van der Waals surface area contributed by atoms with E-state index in [1.54, 1.807) is 12.3 Å². The minimum atomic E-state index is -0.00347. The fourth-order valence-corrected chi connectivity index (χ4v) is 3.82. The predicted octanol–water partition coefficient (Wildman–Crippen LogP) is 4.06. The van der Waals surface area contributed by atoms with Crippen LogP contribution >= 0.6 is 0 Å². The standard InChI is InChI=1S/C21H24N4O/c1-15(2)14-25-18-10-4-3-8-16(18)23-20(25)19-11-7-13-24(19)21(26)17-9-5-6-12-22-17/h3-6,8-10,12,15,19H,7,11,13-14H2,1-2H3/t19-/m1/s1. The van der Waals surface area contributed by atoms with Crippen molar-refractivity contribution in [2.24, 2.45) is 5.92 Å². The van der Waals surface area contributed by atoms with Gasteiger partial charge in [-0.1, -0.05) is 32.0 Å². The number of pyridine rings is 1. The number of fused-ring (bicyclic) bond motifs is 1. The van der Waals surface area contributed by atoms with Gasteiger partial charge in [0, 0.05) is 19.3 Å². The van der Waals surface area contributed by atoms with Gasteiger partial charge in [-0.2, -0.15) is 0 Å². The number of nitrogens with zero attached hydrogens (tertiary/aromatic N) is 4. The van der Waals surface area contributed by atoms with E-state index in [0.717, 1.165) is 42.8 Å². The number of benzene rings is 1. The predicted molar refractivity (Wildman–Crippen MR) is 102 cm³/mol. The third kappa shape index (κ3) is 2.98. The van der Waals surface area contributed by atoms with Crippen LogP contribution < -0.4 is 0 Å². The van der Waals surface area contributed by atoms with Gasteiger partial charge in [-0.3, -0.25) is 9.78 Å². The fourth-order valence-electron chi connectivity index (χ4n) is 3.82. The van der Waals surface area contributed by atoms with E-state index in [0.29, 0.717) is 11.6 Å². The minimum Gasteiger partial charge on any atom is -0.327 e. The van der Waals surface area contributed by atoms with Gasteiger partial charge in [0.25, 0.3) is 5.91 Å². The minimum absolute atomic E-state index is 0.00347. The summed E-state index contributed by atoms with van der Waals surface area (Å²) in [6.07, 6.45) is 3.61. The van der Waals surface area contributed by atoms with Crippen LogP contribution in [-0.2, 0) is 6.54 Å². The first-order chi connectivity index (χ1) is 12.6. The molecule has 0 N–H and O–H groups in total. The molecule has 1 aliphatic heterocycles. The van der Waals surface area contributed by atoms with Crippen LogP contribution in [0.3, 0.4) is 0 Å². The van der Waals surface area contributed by atoms with E-state index >= 15 is 0 Å². The third-order valence-electron chi connectivity index (χ3n) is 4.93. The molecule has 0 saturated carbocycles. The van der Waals surface area contributed by atoms with E-state index in [9.17, 15) is 4.79 Å². The van der Waals surface area contributed by atoms with Gasteiger partial charge >= 0.3 is 0 Å². The zero-order chi connectivity index (χ0) is 18.1. The highest BCUT2D eigenvalue weighted by atomic mass is 16.2. The Labute approximate surface area is 153 Å². The number of hydrogen-bond donors (Lipinski definition) is 0. The Morgan fingerprint density at radius 1 is 1.19 bits per heavy atom. The average Bonchev–Trinajstić information content (AvgIpc) is 3.26. The second-order valence-corrected chi connectivity index (χ2v) is 7.33. The van der Waals surface area contributed by atoms with Crippen LogP contribution in [0.2, 0.25) is 0 Å². The maximum absolute atomic E-state index is 13.0. The molecule has 2 aromatic heterocycles. The Morgan fingerprint density at radius 2 is 2.00 bits per heavy atom. The van der Waals surface area contributed by atoms with Gasteiger partial charge in [0.15, 0.2) is 0 Å². The maximum Gasteiger partial charge on any atom is 0.273 e. The molecule has 0 bridgehead atoms. The molecule has 3 aromatic rings. The monoisotopic (exact) mass is 348 g/mol. The number of hydrogen-bond acceptors (Lipinski definition) is 3. The lowest BCUT2D eigenvalue weighted by molar-refractivity contribution is 0.0721. The molecular weight excluding hydrogens is 324 g/mol.